The number of anilines is 2. The zero-order valence-corrected chi connectivity index (χ0v) is 15.9. The van der Waals surface area contributed by atoms with Gasteiger partial charge in [0.1, 0.15) is 5.75 Å². The number of hydrogen-bond acceptors (Lipinski definition) is 5. The molecular weight excluding hydrogens is 342 g/mol. The van der Waals surface area contributed by atoms with Gasteiger partial charge in [0.2, 0.25) is 0 Å². The van der Waals surface area contributed by atoms with Gasteiger partial charge in [-0.2, -0.15) is 5.26 Å². The summed E-state index contributed by atoms with van der Waals surface area (Å²) in [6, 6.07) is 14.1. The lowest BCUT2D eigenvalue weighted by molar-refractivity contribution is 0.187. The van der Waals surface area contributed by atoms with E-state index >= 15 is 0 Å². The van der Waals surface area contributed by atoms with Crippen molar-refractivity contribution >= 4 is 17.5 Å². The Kier molecular flexibility index (Phi) is 5.22. The van der Waals surface area contributed by atoms with E-state index in [4.69, 9.17) is 4.74 Å². The Morgan fingerprint density at radius 2 is 2.04 bits per heavy atom. The normalized spacial score (nSPS) is 17.8. The number of fused-ring (bicyclic) bond motifs is 1. The predicted octanol–water partition coefficient (Wildman–Crippen LogP) is 4.37. The largest absolute Gasteiger partial charge is 0.497 e. The van der Waals surface area contributed by atoms with E-state index in [9.17, 15) is 10.1 Å². The van der Waals surface area contributed by atoms with E-state index in [1.54, 1.807) is 7.11 Å². The number of nitriles is 1. The van der Waals surface area contributed by atoms with Crippen molar-refractivity contribution in [1.82, 2.24) is 0 Å². The molecule has 2 atom stereocenters. The Balaban J connectivity index is 2.01. The highest BCUT2D eigenvalue weighted by molar-refractivity contribution is 5.85. The lowest BCUT2D eigenvalue weighted by Crippen LogP contribution is -2.26. The Morgan fingerprint density at radius 1 is 1.26 bits per heavy atom. The first-order valence-corrected chi connectivity index (χ1v) is 8.83. The molecule has 2 aromatic rings. The van der Waals surface area contributed by atoms with Crippen LogP contribution in [-0.2, 0) is 4.74 Å². The van der Waals surface area contributed by atoms with Crippen LogP contribution in [0, 0.1) is 18.3 Å². The number of nitrogens with one attached hydrogen (secondary N) is 1. The van der Waals surface area contributed by atoms with Gasteiger partial charge in [0.15, 0.2) is 0 Å². The molecule has 0 bridgehead atoms. The molecule has 0 aromatic heterocycles. The highest BCUT2D eigenvalue weighted by Crippen LogP contribution is 2.49. The molecule has 1 aliphatic rings. The maximum atomic E-state index is 11.5. The molecule has 1 aliphatic heterocycles. The van der Waals surface area contributed by atoms with Gasteiger partial charge in [0, 0.05) is 24.0 Å². The number of carbonyl (C=O) groups is 1. The molecule has 0 radical (unpaired) electrons. The van der Waals surface area contributed by atoms with Crippen LogP contribution >= 0.6 is 0 Å². The van der Waals surface area contributed by atoms with Gasteiger partial charge in [-0.3, -0.25) is 5.32 Å². The summed E-state index contributed by atoms with van der Waals surface area (Å²) in [4.78, 5) is 13.7. The minimum absolute atomic E-state index is 0.0898. The summed E-state index contributed by atoms with van der Waals surface area (Å²) in [7, 11) is 2.97. The van der Waals surface area contributed by atoms with E-state index < -0.39 is 6.09 Å². The van der Waals surface area contributed by atoms with E-state index in [0.717, 1.165) is 34.7 Å². The van der Waals surface area contributed by atoms with Crippen molar-refractivity contribution < 1.29 is 14.3 Å². The number of hydrogen-bond donors (Lipinski definition) is 1. The number of methoxy groups -OCH3 is 2. The Hall–Kier alpha value is -3.20. The number of benzene rings is 2. The molecule has 6 nitrogen and oxygen atoms in total. The smallest absolute Gasteiger partial charge is 0.411 e. The van der Waals surface area contributed by atoms with Gasteiger partial charge in [0.05, 0.1) is 32.2 Å². The van der Waals surface area contributed by atoms with Crippen LogP contribution in [0.2, 0.25) is 0 Å². The van der Waals surface area contributed by atoms with Crippen LogP contribution in [0.25, 0.3) is 0 Å². The second kappa shape index (κ2) is 7.58. The molecule has 1 amide bonds. The molecule has 0 saturated heterocycles. The van der Waals surface area contributed by atoms with Crippen LogP contribution in [0.5, 0.6) is 5.75 Å². The molecule has 0 aliphatic carbocycles. The van der Waals surface area contributed by atoms with Crippen molar-refractivity contribution in [3.05, 3.63) is 53.1 Å². The summed E-state index contributed by atoms with van der Waals surface area (Å²) in [6.07, 6.45) is -0.503. The molecule has 2 aromatic carbocycles. The van der Waals surface area contributed by atoms with Crippen molar-refractivity contribution in [1.29, 1.82) is 5.26 Å². The van der Waals surface area contributed by atoms with Crippen molar-refractivity contribution in [2.75, 3.05) is 31.0 Å². The summed E-state index contributed by atoms with van der Waals surface area (Å²) < 4.78 is 10.0. The molecule has 140 valence electrons. The second-order valence-corrected chi connectivity index (χ2v) is 6.45. The number of carbonyl (C=O) groups excluding carboxylic acids is 1. The molecular formula is C21H23N3O3. The van der Waals surface area contributed by atoms with Crippen LogP contribution in [0.1, 0.15) is 35.6 Å². The topological polar surface area (TPSA) is 74.6 Å². The molecule has 0 spiro atoms. The Bertz CT molecular complexity index is 904. The fraction of sp³-hybridized carbons (Fsp3) is 0.333. The van der Waals surface area contributed by atoms with Gasteiger partial charge in [0.25, 0.3) is 0 Å². The van der Waals surface area contributed by atoms with Crippen LogP contribution in [0.15, 0.2) is 36.4 Å². The van der Waals surface area contributed by atoms with Gasteiger partial charge in [-0.1, -0.05) is 18.2 Å². The van der Waals surface area contributed by atoms with Gasteiger partial charge < -0.3 is 14.4 Å². The molecule has 0 fully saturated rings. The fourth-order valence-electron chi connectivity index (χ4n) is 3.71. The molecule has 27 heavy (non-hydrogen) atoms. The SMILES string of the molecule is CCN1c2cc(OC)ccc2C(C#N)C1c1ccc(NC(=O)OC)c(C)c1. The first-order chi connectivity index (χ1) is 13.0. The standard InChI is InChI=1S/C21H23N3O3/c1-5-24-19-11-15(26-3)7-8-16(19)17(12-22)20(24)14-6-9-18(13(2)10-14)23-21(25)27-4/h6-11,17,20H,5H2,1-4H3,(H,23,25). The summed E-state index contributed by atoms with van der Waals surface area (Å²) >= 11 is 0. The number of aryl methyl sites for hydroxylation is 1. The van der Waals surface area contributed by atoms with Crippen LogP contribution in [0.4, 0.5) is 16.2 Å². The monoisotopic (exact) mass is 365 g/mol. The molecule has 6 heteroatoms. The van der Waals surface area contributed by atoms with Crippen molar-refractivity contribution in [2.45, 2.75) is 25.8 Å². The summed E-state index contributed by atoms with van der Waals surface area (Å²) in [5.41, 5.74) is 4.69. The molecule has 3 rings (SSSR count). The number of rotatable bonds is 4. The number of nitrogens with zero attached hydrogens (tertiary/aromatic N) is 2. The van der Waals surface area contributed by atoms with Crippen LogP contribution in [-0.4, -0.2) is 26.9 Å². The van der Waals surface area contributed by atoms with E-state index in [1.807, 2.05) is 43.3 Å². The van der Waals surface area contributed by atoms with Gasteiger partial charge in [-0.15, -0.1) is 0 Å². The number of amides is 1. The van der Waals surface area contributed by atoms with E-state index in [1.165, 1.54) is 7.11 Å². The summed E-state index contributed by atoms with van der Waals surface area (Å²) in [6.45, 7) is 4.78. The molecule has 1 heterocycles. The maximum Gasteiger partial charge on any atom is 0.411 e. The summed E-state index contributed by atoms with van der Waals surface area (Å²) in [5, 5.41) is 12.6. The number of ether oxygens (including phenoxy) is 2. The highest BCUT2D eigenvalue weighted by atomic mass is 16.5. The van der Waals surface area contributed by atoms with Gasteiger partial charge in [-0.25, -0.2) is 4.79 Å². The lowest BCUT2D eigenvalue weighted by Gasteiger charge is -2.28. The van der Waals surface area contributed by atoms with Crippen LogP contribution < -0.4 is 15.0 Å². The van der Waals surface area contributed by atoms with Crippen molar-refractivity contribution in [2.24, 2.45) is 0 Å². The highest BCUT2D eigenvalue weighted by Gasteiger charge is 2.39. The van der Waals surface area contributed by atoms with Crippen LogP contribution in [0.3, 0.4) is 0 Å². The third kappa shape index (κ3) is 3.28. The first-order valence-electron chi connectivity index (χ1n) is 8.83. The van der Waals surface area contributed by atoms with Gasteiger partial charge in [-0.05, 0) is 42.7 Å². The Labute approximate surface area is 159 Å². The first kappa shape index (κ1) is 18.6. The van der Waals surface area contributed by atoms with E-state index in [-0.39, 0.29) is 12.0 Å². The second-order valence-electron chi connectivity index (χ2n) is 6.45. The number of likely N-dealkylation sites (N-methyl/N-ethyl adjacent to an activating group) is 1. The Morgan fingerprint density at radius 3 is 2.63 bits per heavy atom. The molecule has 1 N–H and O–H groups in total. The van der Waals surface area contributed by atoms with Crippen molar-refractivity contribution in [3.63, 3.8) is 0 Å². The average Bonchev–Trinajstić information content (AvgIpc) is 3.01. The minimum atomic E-state index is -0.503. The zero-order chi connectivity index (χ0) is 19.6. The molecule has 2 unspecified atom stereocenters. The zero-order valence-electron chi connectivity index (χ0n) is 15.9. The maximum absolute atomic E-state index is 11.5. The lowest BCUT2D eigenvalue weighted by atomic mass is 9.90. The van der Waals surface area contributed by atoms with Gasteiger partial charge >= 0.3 is 6.09 Å². The summed E-state index contributed by atoms with van der Waals surface area (Å²) in [5.74, 6) is 0.503. The van der Waals surface area contributed by atoms with E-state index in [0.29, 0.717) is 5.69 Å². The van der Waals surface area contributed by atoms with Crippen molar-refractivity contribution in [3.8, 4) is 11.8 Å². The predicted molar refractivity (Wildman–Crippen MR) is 104 cm³/mol. The van der Waals surface area contributed by atoms with E-state index in [2.05, 4.69) is 27.9 Å². The average molecular weight is 365 g/mol. The third-order valence-corrected chi connectivity index (χ3v) is 5.03. The molecule has 0 saturated carbocycles. The third-order valence-electron chi connectivity index (χ3n) is 5.03. The quantitative estimate of drug-likeness (QED) is 0.871. The minimum Gasteiger partial charge on any atom is -0.497 e. The fourth-order valence-corrected chi connectivity index (χ4v) is 3.71.